The first kappa shape index (κ1) is 18.0. The number of aryl methyl sites for hydroxylation is 2. The minimum Gasteiger partial charge on any atom is -0.490 e. The predicted octanol–water partition coefficient (Wildman–Crippen LogP) is 5.10. The van der Waals surface area contributed by atoms with Crippen LogP contribution in [0.25, 0.3) is 10.2 Å². The summed E-state index contributed by atoms with van der Waals surface area (Å²) < 4.78 is 6.01. The summed E-state index contributed by atoms with van der Waals surface area (Å²) in [7, 11) is 0. The van der Waals surface area contributed by atoms with Gasteiger partial charge in [-0.05, 0) is 76.3 Å². The van der Waals surface area contributed by atoms with E-state index in [4.69, 9.17) is 4.74 Å². The number of nitrogens with one attached hydrogen (secondary N) is 2. The summed E-state index contributed by atoms with van der Waals surface area (Å²) in [5.41, 5.74) is 1.93. The van der Waals surface area contributed by atoms with Crippen LogP contribution in [-0.4, -0.2) is 16.1 Å². The number of aromatic nitrogens is 2. The molecule has 142 valence electrons. The second-order valence-corrected chi connectivity index (χ2v) is 8.53. The zero-order valence-corrected chi connectivity index (χ0v) is 16.8. The third-order valence-electron chi connectivity index (χ3n) is 5.31. The molecular formula is C21H25N3O2S. The van der Waals surface area contributed by atoms with Crippen molar-refractivity contribution in [1.29, 1.82) is 0 Å². The summed E-state index contributed by atoms with van der Waals surface area (Å²) in [5, 5.41) is 4.12. The van der Waals surface area contributed by atoms with Crippen LogP contribution in [0.2, 0.25) is 0 Å². The van der Waals surface area contributed by atoms with Crippen LogP contribution < -0.4 is 15.6 Å². The number of aromatic amines is 1. The molecule has 1 aliphatic rings. The van der Waals surface area contributed by atoms with E-state index in [1.807, 2.05) is 45.0 Å². The molecule has 2 aromatic heterocycles. The lowest BCUT2D eigenvalue weighted by molar-refractivity contribution is 0.210. The van der Waals surface area contributed by atoms with Crippen molar-refractivity contribution < 1.29 is 4.74 Å². The van der Waals surface area contributed by atoms with E-state index in [0.29, 0.717) is 17.3 Å². The smallest absolute Gasteiger partial charge is 0.259 e. The van der Waals surface area contributed by atoms with Crippen LogP contribution in [0.4, 0.5) is 5.69 Å². The molecule has 1 aromatic carbocycles. The van der Waals surface area contributed by atoms with Crippen molar-refractivity contribution in [2.45, 2.75) is 58.6 Å². The van der Waals surface area contributed by atoms with E-state index in [1.54, 1.807) is 11.3 Å². The van der Waals surface area contributed by atoms with Crippen LogP contribution in [0.5, 0.6) is 5.75 Å². The van der Waals surface area contributed by atoms with Gasteiger partial charge >= 0.3 is 0 Å². The first-order valence-corrected chi connectivity index (χ1v) is 10.4. The fraction of sp³-hybridized carbons (Fsp3) is 0.429. The number of H-pyrrole nitrogens is 1. The first-order valence-electron chi connectivity index (χ1n) is 9.54. The quantitative estimate of drug-likeness (QED) is 0.643. The van der Waals surface area contributed by atoms with Gasteiger partial charge in [-0.15, -0.1) is 11.3 Å². The van der Waals surface area contributed by atoms with E-state index < -0.39 is 0 Å². The molecule has 1 fully saturated rings. The number of hydrogen-bond donors (Lipinski definition) is 2. The maximum absolute atomic E-state index is 12.5. The minimum absolute atomic E-state index is 0.0641. The average Bonchev–Trinajstić information content (AvgIpc) is 3.25. The Bertz CT molecular complexity index is 1000. The Kier molecular flexibility index (Phi) is 4.91. The molecule has 0 saturated heterocycles. The van der Waals surface area contributed by atoms with Crippen LogP contribution in [0.15, 0.2) is 29.1 Å². The molecule has 3 aromatic rings. The average molecular weight is 384 g/mol. The van der Waals surface area contributed by atoms with E-state index in [-0.39, 0.29) is 11.6 Å². The zero-order valence-electron chi connectivity index (χ0n) is 16.0. The number of fused-ring (bicyclic) bond motifs is 1. The van der Waals surface area contributed by atoms with Crippen molar-refractivity contribution in [3.8, 4) is 5.75 Å². The Balaban J connectivity index is 1.49. The maximum atomic E-state index is 12.5. The summed E-state index contributed by atoms with van der Waals surface area (Å²) in [4.78, 5) is 22.0. The molecule has 1 aliphatic carbocycles. The number of rotatable bonds is 5. The molecule has 0 amide bonds. The summed E-state index contributed by atoms with van der Waals surface area (Å²) in [6, 6.07) is 7.91. The first-order chi connectivity index (χ1) is 13.0. The van der Waals surface area contributed by atoms with Crippen LogP contribution in [0, 0.1) is 13.8 Å². The van der Waals surface area contributed by atoms with Crippen molar-refractivity contribution in [3.05, 3.63) is 50.9 Å². The molecule has 5 nitrogen and oxygen atoms in total. The Morgan fingerprint density at radius 3 is 2.63 bits per heavy atom. The molecule has 1 atom stereocenters. The van der Waals surface area contributed by atoms with Gasteiger partial charge in [-0.3, -0.25) is 4.79 Å². The molecule has 0 aliphatic heterocycles. The number of anilines is 1. The van der Waals surface area contributed by atoms with Gasteiger partial charge in [0.1, 0.15) is 16.4 Å². The second-order valence-electron chi connectivity index (χ2n) is 7.33. The molecule has 6 heteroatoms. The highest BCUT2D eigenvalue weighted by Gasteiger charge is 2.17. The topological polar surface area (TPSA) is 67.0 Å². The van der Waals surface area contributed by atoms with Crippen LogP contribution in [0.3, 0.4) is 0 Å². The lowest BCUT2D eigenvalue weighted by Gasteiger charge is -2.16. The largest absolute Gasteiger partial charge is 0.490 e. The van der Waals surface area contributed by atoms with Gasteiger partial charge in [0, 0.05) is 10.6 Å². The van der Waals surface area contributed by atoms with E-state index >= 15 is 0 Å². The number of nitrogens with zero attached hydrogens (tertiary/aromatic N) is 1. The number of benzene rings is 1. The van der Waals surface area contributed by atoms with Crippen LogP contribution in [-0.2, 0) is 0 Å². The Morgan fingerprint density at radius 2 is 1.93 bits per heavy atom. The fourth-order valence-corrected chi connectivity index (χ4v) is 4.66. The van der Waals surface area contributed by atoms with Gasteiger partial charge in [-0.2, -0.15) is 0 Å². The van der Waals surface area contributed by atoms with Crippen molar-refractivity contribution in [1.82, 2.24) is 9.97 Å². The molecule has 1 unspecified atom stereocenters. The minimum atomic E-state index is -0.105. The van der Waals surface area contributed by atoms with Crippen LogP contribution in [0.1, 0.15) is 54.9 Å². The predicted molar refractivity (Wildman–Crippen MR) is 111 cm³/mol. The van der Waals surface area contributed by atoms with Gasteiger partial charge in [0.05, 0.1) is 17.5 Å². The monoisotopic (exact) mass is 383 g/mol. The lowest BCUT2D eigenvalue weighted by Crippen LogP contribution is -2.17. The highest BCUT2D eigenvalue weighted by molar-refractivity contribution is 7.18. The highest BCUT2D eigenvalue weighted by Crippen LogP contribution is 2.28. The van der Waals surface area contributed by atoms with Crippen molar-refractivity contribution in [2.75, 3.05) is 5.32 Å². The van der Waals surface area contributed by atoms with Gasteiger partial charge in [-0.1, -0.05) is 0 Å². The molecule has 0 radical (unpaired) electrons. The number of ether oxygens (including phenoxy) is 1. The van der Waals surface area contributed by atoms with Gasteiger partial charge in [0.2, 0.25) is 0 Å². The molecule has 0 bridgehead atoms. The molecular weight excluding hydrogens is 358 g/mol. The third kappa shape index (κ3) is 3.72. The molecule has 1 saturated carbocycles. The maximum Gasteiger partial charge on any atom is 0.259 e. The fourth-order valence-electron chi connectivity index (χ4n) is 3.62. The summed E-state index contributed by atoms with van der Waals surface area (Å²) in [5.74, 6) is 1.57. The summed E-state index contributed by atoms with van der Waals surface area (Å²) in [6.07, 6.45) is 5.20. The molecule has 4 rings (SSSR count). The van der Waals surface area contributed by atoms with Gasteiger partial charge in [0.15, 0.2) is 0 Å². The van der Waals surface area contributed by atoms with Crippen molar-refractivity contribution in [3.63, 3.8) is 0 Å². The Hall–Kier alpha value is -2.34. The Morgan fingerprint density at radius 1 is 1.22 bits per heavy atom. The van der Waals surface area contributed by atoms with E-state index in [9.17, 15) is 4.79 Å². The van der Waals surface area contributed by atoms with Crippen molar-refractivity contribution in [2.24, 2.45) is 0 Å². The van der Waals surface area contributed by atoms with Gasteiger partial charge < -0.3 is 15.0 Å². The standard InChI is InChI=1S/C21H25N3O2S/c1-12-14(3)27-21-18(12)20(25)23-19(24-21)13(2)22-15-8-10-17(11-9-15)26-16-6-4-5-7-16/h8-11,13,16,22H,4-7H2,1-3H3,(H,23,24,25). The normalized spacial score (nSPS) is 16.0. The second kappa shape index (κ2) is 7.35. The zero-order chi connectivity index (χ0) is 19.0. The SMILES string of the molecule is Cc1sc2nc(C(C)Nc3ccc(OC4CCCC4)cc3)[nH]c(=O)c2c1C. The van der Waals surface area contributed by atoms with Crippen LogP contribution >= 0.6 is 11.3 Å². The van der Waals surface area contributed by atoms with E-state index in [2.05, 4.69) is 15.3 Å². The summed E-state index contributed by atoms with van der Waals surface area (Å²) in [6.45, 7) is 6.00. The number of hydrogen-bond acceptors (Lipinski definition) is 5. The molecule has 2 heterocycles. The lowest BCUT2D eigenvalue weighted by atomic mass is 10.2. The molecule has 0 spiro atoms. The highest BCUT2D eigenvalue weighted by atomic mass is 32.1. The number of thiophene rings is 1. The molecule has 27 heavy (non-hydrogen) atoms. The Labute approximate surface area is 162 Å². The van der Waals surface area contributed by atoms with E-state index in [0.717, 1.165) is 39.5 Å². The van der Waals surface area contributed by atoms with Gasteiger partial charge in [-0.25, -0.2) is 4.98 Å². The van der Waals surface area contributed by atoms with Gasteiger partial charge in [0.25, 0.3) is 5.56 Å². The molecule has 2 N–H and O–H groups in total. The third-order valence-corrected chi connectivity index (χ3v) is 6.41. The summed E-state index contributed by atoms with van der Waals surface area (Å²) >= 11 is 1.57. The van der Waals surface area contributed by atoms with E-state index in [1.165, 1.54) is 12.8 Å². The van der Waals surface area contributed by atoms with Crippen molar-refractivity contribution >= 4 is 27.2 Å².